The molecule has 2 atom stereocenters. The Kier molecular flexibility index (Phi) is 4.90. The average molecular weight is 330 g/mol. The zero-order chi connectivity index (χ0) is 17.2. The highest BCUT2D eigenvalue weighted by atomic mass is 16.3. The molecule has 1 aromatic rings. The second-order valence-electron chi connectivity index (χ2n) is 6.86. The third-order valence-electron chi connectivity index (χ3n) is 5.31. The summed E-state index contributed by atoms with van der Waals surface area (Å²) < 4.78 is 0. The molecule has 1 aromatic carbocycles. The maximum absolute atomic E-state index is 12.6. The van der Waals surface area contributed by atoms with Crippen LogP contribution < -0.4 is 5.32 Å². The summed E-state index contributed by atoms with van der Waals surface area (Å²) in [6.07, 6.45) is 4.47. The lowest BCUT2D eigenvalue weighted by Gasteiger charge is -2.35. The fourth-order valence-electron chi connectivity index (χ4n) is 3.91. The Bertz CT molecular complexity index is 631. The van der Waals surface area contributed by atoms with E-state index in [2.05, 4.69) is 5.32 Å². The molecular weight excluding hydrogens is 304 g/mol. The van der Waals surface area contributed by atoms with Crippen LogP contribution in [0.2, 0.25) is 0 Å². The molecule has 0 spiro atoms. The maximum Gasteiger partial charge on any atom is 0.242 e. The largest absolute Gasteiger partial charge is 0.383 e. The molecule has 0 aromatic heterocycles. The molecular formula is C19H26N2O3. The van der Waals surface area contributed by atoms with Crippen LogP contribution in [0.15, 0.2) is 24.3 Å². The fourth-order valence-corrected chi connectivity index (χ4v) is 3.91. The molecule has 0 saturated carbocycles. The van der Waals surface area contributed by atoms with E-state index in [4.69, 9.17) is 0 Å². The Morgan fingerprint density at radius 1 is 1.33 bits per heavy atom. The summed E-state index contributed by atoms with van der Waals surface area (Å²) in [6, 6.07) is 7.45. The first-order valence-electron chi connectivity index (χ1n) is 8.93. The molecule has 3 rings (SSSR count). The number of aliphatic hydroxyl groups is 1. The number of benzene rings is 1. The van der Waals surface area contributed by atoms with E-state index in [9.17, 15) is 14.7 Å². The smallest absolute Gasteiger partial charge is 0.242 e. The Balaban J connectivity index is 1.66. The topological polar surface area (TPSA) is 69.6 Å². The van der Waals surface area contributed by atoms with Gasteiger partial charge in [0.15, 0.2) is 0 Å². The van der Waals surface area contributed by atoms with Crippen molar-refractivity contribution in [1.29, 1.82) is 0 Å². The second-order valence-corrected chi connectivity index (χ2v) is 6.86. The minimum Gasteiger partial charge on any atom is -0.383 e. The first-order chi connectivity index (χ1) is 11.5. The molecule has 1 aliphatic heterocycles. The van der Waals surface area contributed by atoms with Gasteiger partial charge in [0.05, 0.1) is 6.54 Å². The van der Waals surface area contributed by atoms with Crippen molar-refractivity contribution < 1.29 is 14.7 Å². The zero-order valence-electron chi connectivity index (χ0n) is 14.3. The Labute approximate surface area is 143 Å². The number of piperidine rings is 1. The van der Waals surface area contributed by atoms with Gasteiger partial charge in [-0.2, -0.15) is 0 Å². The molecule has 5 heteroatoms. The lowest BCUT2D eigenvalue weighted by molar-refractivity contribution is -0.142. The first kappa shape index (κ1) is 17.0. The number of carbonyl (C=O) groups is 2. The van der Waals surface area contributed by atoms with Crippen LogP contribution in [-0.2, 0) is 21.6 Å². The molecule has 1 aliphatic carbocycles. The second kappa shape index (κ2) is 6.93. The van der Waals surface area contributed by atoms with Crippen LogP contribution in [0.1, 0.15) is 50.2 Å². The van der Waals surface area contributed by atoms with Crippen molar-refractivity contribution in [3.63, 3.8) is 0 Å². The number of likely N-dealkylation sites (tertiary alicyclic amines) is 1. The van der Waals surface area contributed by atoms with Crippen LogP contribution >= 0.6 is 0 Å². The van der Waals surface area contributed by atoms with E-state index in [0.717, 1.165) is 30.4 Å². The molecule has 2 unspecified atom stereocenters. The number of aryl methyl sites for hydroxylation is 1. The average Bonchev–Trinajstić information content (AvgIpc) is 2.97. The highest BCUT2D eigenvalue weighted by Crippen LogP contribution is 2.36. The molecule has 2 amide bonds. The number of fused-ring (bicyclic) bond motifs is 1. The van der Waals surface area contributed by atoms with Gasteiger partial charge in [-0.3, -0.25) is 9.59 Å². The van der Waals surface area contributed by atoms with Crippen LogP contribution in [0.25, 0.3) is 0 Å². The number of rotatable bonds is 4. The monoisotopic (exact) mass is 330 g/mol. The van der Waals surface area contributed by atoms with E-state index in [1.54, 1.807) is 4.90 Å². The highest BCUT2D eigenvalue weighted by molar-refractivity contribution is 5.87. The van der Waals surface area contributed by atoms with Gasteiger partial charge in [-0.1, -0.05) is 31.2 Å². The summed E-state index contributed by atoms with van der Waals surface area (Å²) in [5.74, 6) is -0.117. The van der Waals surface area contributed by atoms with Gasteiger partial charge in [0, 0.05) is 13.0 Å². The van der Waals surface area contributed by atoms with Crippen LogP contribution in [0.4, 0.5) is 0 Å². The Morgan fingerprint density at radius 2 is 2.12 bits per heavy atom. The quantitative estimate of drug-likeness (QED) is 0.883. The van der Waals surface area contributed by atoms with E-state index in [1.165, 1.54) is 0 Å². The van der Waals surface area contributed by atoms with Crippen LogP contribution in [0.3, 0.4) is 0 Å². The van der Waals surface area contributed by atoms with E-state index in [1.807, 2.05) is 31.2 Å². The van der Waals surface area contributed by atoms with Gasteiger partial charge < -0.3 is 15.3 Å². The lowest BCUT2D eigenvalue weighted by Crippen LogP contribution is -2.53. The van der Waals surface area contributed by atoms with Gasteiger partial charge in [-0.15, -0.1) is 0 Å². The van der Waals surface area contributed by atoms with Crippen molar-refractivity contribution in [3.05, 3.63) is 35.4 Å². The number of amides is 2. The molecule has 0 radical (unpaired) electrons. The Morgan fingerprint density at radius 3 is 2.92 bits per heavy atom. The minimum atomic E-state index is -0.999. The molecule has 1 fully saturated rings. The number of carbonyl (C=O) groups excluding carboxylic acids is 2. The van der Waals surface area contributed by atoms with E-state index in [0.29, 0.717) is 25.8 Å². The maximum atomic E-state index is 12.6. The van der Waals surface area contributed by atoms with Crippen LogP contribution in [-0.4, -0.2) is 41.0 Å². The molecule has 5 nitrogen and oxygen atoms in total. The van der Waals surface area contributed by atoms with Crippen molar-refractivity contribution in [2.24, 2.45) is 0 Å². The molecule has 130 valence electrons. The summed E-state index contributed by atoms with van der Waals surface area (Å²) in [4.78, 5) is 26.4. The predicted molar refractivity (Wildman–Crippen MR) is 91.3 cm³/mol. The van der Waals surface area contributed by atoms with Crippen molar-refractivity contribution in [3.8, 4) is 0 Å². The molecule has 0 bridgehead atoms. The van der Waals surface area contributed by atoms with E-state index < -0.39 is 11.6 Å². The fraction of sp³-hybridized carbons (Fsp3) is 0.579. The van der Waals surface area contributed by atoms with Crippen molar-refractivity contribution >= 4 is 11.8 Å². The van der Waals surface area contributed by atoms with Gasteiger partial charge >= 0.3 is 0 Å². The highest BCUT2D eigenvalue weighted by Gasteiger charge is 2.38. The van der Waals surface area contributed by atoms with Gasteiger partial charge in [0.1, 0.15) is 11.6 Å². The normalized spacial score (nSPS) is 26.1. The van der Waals surface area contributed by atoms with Gasteiger partial charge in [0.25, 0.3) is 0 Å². The van der Waals surface area contributed by atoms with Crippen molar-refractivity contribution in [2.45, 2.75) is 57.1 Å². The summed E-state index contributed by atoms with van der Waals surface area (Å²) in [5, 5.41) is 13.8. The molecule has 2 N–H and O–H groups in total. The third-order valence-corrected chi connectivity index (χ3v) is 5.31. The number of hydrogen-bond acceptors (Lipinski definition) is 3. The minimum absolute atomic E-state index is 0.0276. The van der Waals surface area contributed by atoms with Crippen LogP contribution in [0, 0.1) is 0 Å². The molecule has 2 aliphatic rings. The van der Waals surface area contributed by atoms with Gasteiger partial charge in [-0.05, 0) is 43.2 Å². The van der Waals surface area contributed by atoms with Gasteiger partial charge in [-0.25, -0.2) is 0 Å². The summed E-state index contributed by atoms with van der Waals surface area (Å²) >= 11 is 0. The van der Waals surface area contributed by atoms with Gasteiger partial charge in [0.2, 0.25) is 11.8 Å². The number of hydrogen-bond donors (Lipinski definition) is 2. The third kappa shape index (κ3) is 3.18. The molecule has 24 heavy (non-hydrogen) atoms. The number of nitrogens with zero attached hydrogens (tertiary/aromatic N) is 1. The molecule has 1 saturated heterocycles. The lowest BCUT2D eigenvalue weighted by atomic mass is 9.95. The Hall–Kier alpha value is -1.88. The predicted octanol–water partition coefficient (Wildman–Crippen LogP) is 1.73. The summed E-state index contributed by atoms with van der Waals surface area (Å²) in [6.45, 7) is 2.68. The van der Waals surface area contributed by atoms with Crippen molar-refractivity contribution in [2.75, 3.05) is 13.1 Å². The first-order valence-corrected chi connectivity index (χ1v) is 8.93. The molecule has 1 heterocycles. The standard InChI is InChI=1S/C19H26N2O3/c1-2-17(22)21-12-6-5-9-16(21)18(23)20-13-19(24)11-10-14-7-3-4-8-15(14)19/h3-4,7-8,16,24H,2,5-6,9-13H2,1H3,(H,20,23). The zero-order valence-corrected chi connectivity index (χ0v) is 14.3. The summed E-state index contributed by atoms with van der Waals surface area (Å²) in [5.41, 5.74) is 1.06. The van der Waals surface area contributed by atoms with Crippen LogP contribution in [0.5, 0.6) is 0 Å². The number of nitrogens with one attached hydrogen (secondary N) is 1. The SMILES string of the molecule is CCC(=O)N1CCCCC1C(=O)NCC1(O)CCc2ccccc21. The van der Waals surface area contributed by atoms with E-state index >= 15 is 0 Å². The van der Waals surface area contributed by atoms with E-state index in [-0.39, 0.29) is 18.4 Å². The van der Waals surface area contributed by atoms with Crippen molar-refractivity contribution in [1.82, 2.24) is 10.2 Å². The summed E-state index contributed by atoms with van der Waals surface area (Å²) in [7, 11) is 0.